The monoisotopic (exact) mass is 389 g/mol. The standard InChI is InChI=1S/C18H20BrN3O2/c1-13(14-2-4-16-17(10-14)24-12-23-16)21-6-8-22(9-7-21)18-5-3-15(19)11-20-18/h2-5,10-11,13H,6-9,12H2,1H3. The molecule has 4 rings (SSSR count). The normalized spacial score (nSPS) is 18.7. The van der Waals surface area contributed by atoms with Crippen LogP contribution in [0.2, 0.25) is 0 Å². The zero-order valence-corrected chi connectivity index (χ0v) is 15.2. The van der Waals surface area contributed by atoms with E-state index in [2.05, 4.69) is 55.8 Å². The molecule has 126 valence electrons. The van der Waals surface area contributed by atoms with Crippen LogP contribution in [-0.4, -0.2) is 42.9 Å². The van der Waals surface area contributed by atoms with Crippen LogP contribution in [0.1, 0.15) is 18.5 Å². The Morgan fingerprint density at radius 1 is 1.04 bits per heavy atom. The lowest BCUT2D eigenvalue weighted by atomic mass is 10.1. The number of hydrogen-bond acceptors (Lipinski definition) is 5. The first-order valence-electron chi connectivity index (χ1n) is 8.21. The van der Waals surface area contributed by atoms with Crippen molar-refractivity contribution in [2.45, 2.75) is 13.0 Å². The van der Waals surface area contributed by atoms with Crippen molar-refractivity contribution in [1.29, 1.82) is 0 Å². The predicted octanol–water partition coefficient (Wildman–Crippen LogP) is 3.46. The van der Waals surface area contributed by atoms with Gasteiger partial charge in [-0.05, 0) is 52.7 Å². The van der Waals surface area contributed by atoms with Gasteiger partial charge in [-0.15, -0.1) is 0 Å². The lowest BCUT2D eigenvalue weighted by molar-refractivity contribution is 0.173. The summed E-state index contributed by atoms with van der Waals surface area (Å²) >= 11 is 3.44. The summed E-state index contributed by atoms with van der Waals surface area (Å²) in [5, 5.41) is 0. The molecule has 6 heteroatoms. The number of benzene rings is 1. The summed E-state index contributed by atoms with van der Waals surface area (Å²) in [6.45, 7) is 6.60. The molecule has 1 unspecified atom stereocenters. The zero-order valence-electron chi connectivity index (χ0n) is 13.6. The molecular formula is C18H20BrN3O2. The fraction of sp³-hybridized carbons (Fsp3) is 0.389. The van der Waals surface area contributed by atoms with Crippen molar-refractivity contribution < 1.29 is 9.47 Å². The molecule has 1 fully saturated rings. The van der Waals surface area contributed by atoms with Crippen molar-refractivity contribution in [2.24, 2.45) is 0 Å². The maximum Gasteiger partial charge on any atom is 0.231 e. The third-order valence-corrected chi connectivity index (χ3v) is 5.25. The van der Waals surface area contributed by atoms with Crippen LogP contribution in [0.3, 0.4) is 0 Å². The molecule has 0 spiro atoms. The van der Waals surface area contributed by atoms with Gasteiger partial charge < -0.3 is 14.4 Å². The van der Waals surface area contributed by atoms with Gasteiger partial charge in [-0.1, -0.05) is 6.07 Å². The smallest absolute Gasteiger partial charge is 0.231 e. The van der Waals surface area contributed by atoms with Gasteiger partial charge >= 0.3 is 0 Å². The van der Waals surface area contributed by atoms with Crippen molar-refractivity contribution in [3.05, 3.63) is 46.6 Å². The summed E-state index contributed by atoms with van der Waals surface area (Å²) in [5.41, 5.74) is 1.27. The Kier molecular flexibility index (Phi) is 4.33. The summed E-state index contributed by atoms with van der Waals surface area (Å²) in [7, 11) is 0. The topological polar surface area (TPSA) is 37.8 Å². The molecule has 2 aliphatic heterocycles. The average molecular weight is 390 g/mol. The third kappa shape index (κ3) is 3.08. The van der Waals surface area contributed by atoms with Gasteiger partial charge in [0.1, 0.15) is 5.82 Å². The summed E-state index contributed by atoms with van der Waals surface area (Å²) in [6.07, 6.45) is 1.86. The van der Waals surface area contributed by atoms with Crippen LogP contribution in [0.25, 0.3) is 0 Å². The van der Waals surface area contributed by atoms with E-state index >= 15 is 0 Å². The first-order valence-corrected chi connectivity index (χ1v) is 9.00. The lowest BCUT2D eigenvalue weighted by Gasteiger charge is -2.38. The quantitative estimate of drug-likeness (QED) is 0.803. The SMILES string of the molecule is CC(c1ccc2c(c1)OCO2)N1CCN(c2ccc(Br)cn2)CC1. The molecule has 0 amide bonds. The maximum atomic E-state index is 5.50. The molecule has 0 aliphatic carbocycles. The summed E-state index contributed by atoms with van der Waals surface area (Å²) in [5.74, 6) is 2.75. The summed E-state index contributed by atoms with van der Waals surface area (Å²) < 4.78 is 11.9. The van der Waals surface area contributed by atoms with Crippen molar-refractivity contribution >= 4 is 21.7 Å². The molecule has 0 saturated carbocycles. The first kappa shape index (κ1) is 15.7. The van der Waals surface area contributed by atoms with Crippen molar-refractivity contribution in [3.63, 3.8) is 0 Å². The minimum atomic E-state index is 0.325. The van der Waals surface area contributed by atoms with Crippen LogP contribution >= 0.6 is 15.9 Å². The maximum absolute atomic E-state index is 5.50. The van der Waals surface area contributed by atoms with E-state index in [0.29, 0.717) is 12.8 Å². The van der Waals surface area contributed by atoms with E-state index in [4.69, 9.17) is 9.47 Å². The van der Waals surface area contributed by atoms with E-state index in [0.717, 1.165) is 48.0 Å². The van der Waals surface area contributed by atoms with Gasteiger partial charge in [0, 0.05) is 42.9 Å². The largest absolute Gasteiger partial charge is 0.454 e. The number of fused-ring (bicyclic) bond motifs is 1. The second kappa shape index (κ2) is 6.61. The highest BCUT2D eigenvalue weighted by molar-refractivity contribution is 9.10. The van der Waals surface area contributed by atoms with Crippen molar-refractivity contribution in [2.75, 3.05) is 37.9 Å². The Morgan fingerprint density at radius 3 is 2.58 bits per heavy atom. The number of halogens is 1. The molecule has 0 bridgehead atoms. The fourth-order valence-electron chi connectivity index (χ4n) is 3.28. The van der Waals surface area contributed by atoms with E-state index in [-0.39, 0.29) is 0 Å². The number of ether oxygens (including phenoxy) is 2. The van der Waals surface area contributed by atoms with E-state index in [9.17, 15) is 0 Å². The highest BCUT2D eigenvalue weighted by Gasteiger charge is 2.24. The van der Waals surface area contributed by atoms with Gasteiger partial charge in [-0.25, -0.2) is 4.98 Å². The van der Waals surface area contributed by atoms with Gasteiger partial charge in [0.2, 0.25) is 6.79 Å². The number of rotatable bonds is 3. The Morgan fingerprint density at radius 2 is 1.83 bits per heavy atom. The van der Waals surface area contributed by atoms with Gasteiger partial charge in [0.25, 0.3) is 0 Å². The minimum Gasteiger partial charge on any atom is -0.454 e. The fourth-order valence-corrected chi connectivity index (χ4v) is 3.51. The molecular weight excluding hydrogens is 370 g/mol. The molecule has 1 saturated heterocycles. The molecule has 1 aromatic carbocycles. The number of piperazine rings is 1. The molecule has 2 aliphatic rings. The highest BCUT2D eigenvalue weighted by atomic mass is 79.9. The summed E-state index contributed by atoms with van der Waals surface area (Å²) in [6, 6.07) is 10.7. The third-order valence-electron chi connectivity index (χ3n) is 4.78. The average Bonchev–Trinajstić information content (AvgIpc) is 3.09. The van der Waals surface area contributed by atoms with E-state index < -0.39 is 0 Å². The number of anilines is 1. The predicted molar refractivity (Wildman–Crippen MR) is 96.7 cm³/mol. The van der Waals surface area contributed by atoms with Crippen molar-refractivity contribution in [1.82, 2.24) is 9.88 Å². The molecule has 5 nitrogen and oxygen atoms in total. The number of nitrogens with zero attached hydrogens (tertiary/aromatic N) is 3. The minimum absolute atomic E-state index is 0.325. The molecule has 1 atom stereocenters. The summed E-state index contributed by atoms with van der Waals surface area (Å²) in [4.78, 5) is 9.35. The molecule has 3 heterocycles. The molecule has 24 heavy (non-hydrogen) atoms. The van der Waals surface area contributed by atoms with Crippen LogP contribution in [0, 0.1) is 0 Å². The van der Waals surface area contributed by atoms with Crippen LogP contribution in [0.15, 0.2) is 41.0 Å². The molecule has 0 N–H and O–H groups in total. The highest BCUT2D eigenvalue weighted by Crippen LogP contribution is 2.35. The molecule has 2 aromatic rings. The Bertz CT molecular complexity index is 715. The zero-order chi connectivity index (χ0) is 16.5. The first-order chi connectivity index (χ1) is 11.7. The Hall–Kier alpha value is -1.79. The van der Waals surface area contributed by atoms with Crippen LogP contribution < -0.4 is 14.4 Å². The van der Waals surface area contributed by atoms with Crippen LogP contribution in [0.5, 0.6) is 11.5 Å². The van der Waals surface area contributed by atoms with Gasteiger partial charge in [-0.3, -0.25) is 4.90 Å². The van der Waals surface area contributed by atoms with Gasteiger partial charge in [0.15, 0.2) is 11.5 Å². The molecule has 0 radical (unpaired) electrons. The Balaban J connectivity index is 1.41. The van der Waals surface area contributed by atoms with Gasteiger partial charge in [0.05, 0.1) is 0 Å². The lowest BCUT2D eigenvalue weighted by Crippen LogP contribution is -2.47. The van der Waals surface area contributed by atoms with Gasteiger partial charge in [-0.2, -0.15) is 0 Å². The number of pyridine rings is 1. The molecule has 1 aromatic heterocycles. The second-order valence-corrected chi connectivity index (χ2v) is 7.06. The van der Waals surface area contributed by atoms with Crippen LogP contribution in [0.4, 0.5) is 5.82 Å². The number of aromatic nitrogens is 1. The van der Waals surface area contributed by atoms with E-state index in [1.807, 2.05) is 18.3 Å². The second-order valence-electron chi connectivity index (χ2n) is 6.15. The van der Waals surface area contributed by atoms with Crippen molar-refractivity contribution in [3.8, 4) is 11.5 Å². The van der Waals surface area contributed by atoms with Crippen LogP contribution in [-0.2, 0) is 0 Å². The van der Waals surface area contributed by atoms with E-state index in [1.165, 1.54) is 5.56 Å². The number of hydrogen-bond donors (Lipinski definition) is 0. The Labute approximate surface area is 150 Å². The van der Waals surface area contributed by atoms with E-state index in [1.54, 1.807) is 0 Å².